The van der Waals surface area contributed by atoms with E-state index in [9.17, 15) is 24.5 Å². The van der Waals surface area contributed by atoms with E-state index in [1.165, 1.54) is 24.1 Å². The van der Waals surface area contributed by atoms with E-state index in [-0.39, 0.29) is 33.4 Å². The second kappa shape index (κ2) is 8.05. The van der Waals surface area contributed by atoms with Crippen LogP contribution in [-0.2, 0) is 17.7 Å². The van der Waals surface area contributed by atoms with Gasteiger partial charge < -0.3 is 20.7 Å². The number of hydrogen-bond donors (Lipinski definition) is 2. The van der Waals surface area contributed by atoms with Crippen molar-refractivity contribution >= 4 is 51.5 Å². The van der Waals surface area contributed by atoms with Gasteiger partial charge >= 0.3 is 6.09 Å². The summed E-state index contributed by atoms with van der Waals surface area (Å²) in [6.07, 6.45) is -0.134. The predicted molar refractivity (Wildman–Crippen MR) is 105 cm³/mol. The Morgan fingerprint density at radius 3 is 2.72 bits per heavy atom. The van der Waals surface area contributed by atoms with Gasteiger partial charge in [-0.3, -0.25) is 19.7 Å². The molecule has 3 amide bonds. The number of benzene rings is 1. The van der Waals surface area contributed by atoms with Crippen LogP contribution in [0.4, 0.5) is 15.5 Å². The lowest BCUT2D eigenvalue weighted by atomic mass is 10.0. The van der Waals surface area contributed by atoms with Gasteiger partial charge in [0.15, 0.2) is 0 Å². The maximum atomic E-state index is 12.7. The fourth-order valence-corrected chi connectivity index (χ4v) is 4.48. The second-order valence-corrected chi connectivity index (χ2v) is 7.60. The molecule has 10 nitrogen and oxygen atoms in total. The van der Waals surface area contributed by atoms with Crippen LogP contribution in [0, 0.1) is 10.1 Å². The van der Waals surface area contributed by atoms with Crippen molar-refractivity contribution in [3.8, 4) is 0 Å². The molecule has 0 unspecified atom stereocenters. The molecular weight excluding hydrogens is 424 g/mol. The number of rotatable bonds is 4. The molecule has 0 radical (unpaired) electrons. The Balaban J connectivity index is 1.94. The highest BCUT2D eigenvalue weighted by Crippen LogP contribution is 2.37. The van der Waals surface area contributed by atoms with Crippen molar-refractivity contribution in [1.29, 1.82) is 0 Å². The first-order valence-corrected chi connectivity index (χ1v) is 9.45. The number of nitrogens with one attached hydrogen (secondary N) is 1. The number of carbonyl (C=O) groups is 3. The molecule has 3 N–H and O–H groups in total. The zero-order valence-corrected chi connectivity index (χ0v) is 16.6. The normalized spacial score (nSPS) is 12.8. The molecule has 0 spiro atoms. The minimum atomic E-state index is -0.727. The van der Waals surface area contributed by atoms with Crippen LogP contribution in [0.2, 0.25) is 5.02 Å². The Kier molecular flexibility index (Phi) is 5.71. The van der Waals surface area contributed by atoms with Crippen LogP contribution < -0.4 is 11.1 Å². The average Bonchev–Trinajstić information content (AvgIpc) is 3.04. The lowest BCUT2D eigenvalue weighted by Gasteiger charge is -2.25. The molecule has 0 bridgehead atoms. The Bertz CT molecular complexity index is 1040. The van der Waals surface area contributed by atoms with E-state index in [0.717, 1.165) is 17.4 Å². The summed E-state index contributed by atoms with van der Waals surface area (Å²) in [6.45, 7) is 0.543. The summed E-state index contributed by atoms with van der Waals surface area (Å²) in [6, 6.07) is 3.48. The number of primary amides is 1. The smallest absolute Gasteiger partial charge is 0.409 e. The fourth-order valence-electron chi connectivity index (χ4n) is 3.01. The van der Waals surface area contributed by atoms with Gasteiger partial charge in [-0.05, 0) is 18.1 Å². The molecular formula is C17H15ClN4O6S. The molecule has 0 atom stereocenters. The van der Waals surface area contributed by atoms with Gasteiger partial charge in [0.25, 0.3) is 17.5 Å². The van der Waals surface area contributed by atoms with Crippen LogP contribution >= 0.6 is 22.9 Å². The summed E-state index contributed by atoms with van der Waals surface area (Å²) in [5.41, 5.74) is 5.91. The van der Waals surface area contributed by atoms with Crippen LogP contribution in [-0.4, -0.2) is 41.4 Å². The summed E-state index contributed by atoms with van der Waals surface area (Å²) >= 11 is 7.11. The molecule has 1 aromatic carbocycles. The Labute approximate surface area is 173 Å². The molecule has 29 heavy (non-hydrogen) atoms. The summed E-state index contributed by atoms with van der Waals surface area (Å²) < 4.78 is 4.72. The minimum absolute atomic E-state index is 0.0203. The molecule has 3 rings (SSSR count). The first-order valence-electron chi connectivity index (χ1n) is 8.25. The maximum absolute atomic E-state index is 12.7. The lowest BCUT2D eigenvalue weighted by Crippen LogP contribution is -2.35. The highest BCUT2D eigenvalue weighted by molar-refractivity contribution is 7.17. The predicted octanol–water partition coefficient (Wildman–Crippen LogP) is 2.79. The van der Waals surface area contributed by atoms with Crippen molar-refractivity contribution in [2.45, 2.75) is 13.0 Å². The second-order valence-electron chi connectivity index (χ2n) is 6.09. The number of ether oxygens (including phenoxy) is 1. The van der Waals surface area contributed by atoms with E-state index < -0.39 is 22.8 Å². The zero-order valence-electron chi connectivity index (χ0n) is 15.1. The summed E-state index contributed by atoms with van der Waals surface area (Å²) in [5.74, 6) is -1.45. The number of nitro groups is 1. The molecule has 1 aliphatic heterocycles. The third-order valence-electron chi connectivity index (χ3n) is 4.37. The van der Waals surface area contributed by atoms with E-state index in [1.54, 1.807) is 0 Å². The molecule has 1 aromatic heterocycles. The Morgan fingerprint density at radius 2 is 2.10 bits per heavy atom. The molecule has 152 valence electrons. The molecule has 2 heterocycles. The topological polar surface area (TPSA) is 145 Å². The third kappa shape index (κ3) is 4.00. The van der Waals surface area contributed by atoms with Crippen LogP contribution in [0.5, 0.6) is 0 Å². The number of fused-ring (bicyclic) bond motifs is 1. The minimum Gasteiger partial charge on any atom is -0.453 e. The van der Waals surface area contributed by atoms with Crippen LogP contribution in [0.25, 0.3) is 0 Å². The van der Waals surface area contributed by atoms with E-state index in [0.29, 0.717) is 23.4 Å². The van der Waals surface area contributed by atoms with E-state index in [1.807, 2.05) is 0 Å². The maximum Gasteiger partial charge on any atom is 0.409 e. The number of hydrogen-bond acceptors (Lipinski definition) is 7. The quantitative estimate of drug-likeness (QED) is 0.554. The summed E-state index contributed by atoms with van der Waals surface area (Å²) in [4.78, 5) is 48.9. The molecule has 0 fully saturated rings. The van der Waals surface area contributed by atoms with Gasteiger partial charge in [-0.1, -0.05) is 11.6 Å². The number of amides is 3. The summed E-state index contributed by atoms with van der Waals surface area (Å²) in [5, 5.41) is 13.7. The molecule has 2 aromatic rings. The summed E-state index contributed by atoms with van der Waals surface area (Å²) in [7, 11) is 1.27. The largest absolute Gasteiger partial charge is 0.453 e. The number of nitrogens with two attached hydrogens (primary N) is 1. The van der Waals surface area contributed by atoms with Crippen molar-refractivity contribution in [2.75, 3.05) is 19.0 Å². The van der Waals surface area contributed by atoms with Crippen LogP contribution in [0.3, 0.4) is 0 Å². The van der Waals surface area contributed by atoms with E-state index >= 15 is 0 Å². The number of thiophene rings is 1. The molecule has 12 heteroatoms. The molecule has 0 aliphatic carbocycles. The van der Waals surface area contributed by atoms with Crippen molar-refractivity contribution in [1.82, 2.24) is 4.90 Å². The number of methoxy groups -OCH3 is 1. The van der Waals surface area contributed by atoms with E-state index in [4.69, 9.17) is 22.1 Å². The lowest BCUT2D eigenvalue weighted by molar-refractivity contribution is -0.384. The molecule has 0 saturated heterocycles. The standard InChI is InChI=1S/C17H15ClN4O6S/c1-28-17(25)21-5-4-9-12(7-21)29-16(13(9)14(19)23)20-15(24)10-6-8(22(26)27)2-3-11(10)18/h2-3,6H,4-5,7H2,1H3,(H2,19,23)(H,20,24). The number of halogens is 1. The number of nitro benzene ring substituents is 1. The monoisotopic (exact) mass is 438 g/mol. The van der Waals surface area contributed by atoms with Gasteiger partial charge in [0, 0.05) is 23.6 Å². The van der Waals surface area contributed by atoms with Gasteiger partial charge in [0.1, 0.15) is 5.00 Å². The number of nitrogens with zero attached hydrogens (tertiary/aromatic N) is 2. The Hall–Kier alpha value is -3.18. The van der Waals surface area contributed by atoms with Crippen LogP contribution in [0.15, 0.2) is 18.2 Å². The van der Waals surface area contributed by atoms with Crippen molar-refractivity contribution in [2.24, 2.45) is 5.73 Å². The van der Waals surface area contributed by atoms with Crippen molar-refractivity contribution in [3.05, 3.63) is 54.9 Å². The third-order valence-corrected chi connectivity index (χ3v) is 5.83. The molecule has 0 saturated carbocycles. The fraction of sp³-hybridized carbons (Fsp3) is 0.235. The van der Waals surface area contributed by atoms with Gasteiger partial charge in [-0.15, -0.1) is 11.3 Å². The number of anilines is 1. The highest BCUT2D eigenvalue weighted by atomic mass is 35.5. The van der Waals surface area contributed by atoms with Crippen molar-refractivity contribution in [3.63, 3.8) is 0 Å². The number of non-ortho nitro benzene ring substituents is 1. The van der Waals surface area contributed by atoms with Gasteiger partial charge in [-0.2, -0.15) is 0 Å². The first-order chi connectivity index (χ1) is 13.7. The van der Waals surface area contributed by atoms with Gasteiger partial charge in [-0.25, -0.2) is 4.79 Å². The average molecular weight is 439 g/mol. The van der Waals surface area contributed by atoms with E-state index in [2.05, 4.69) is 5.32 Å². The Morgan fingerprint density at radius 1 is 1.38 bits per heavy atom. The van der Waals surface area contributed by atoms with Crippen molar-refractivity contribution < 1.29 is 24.0 Å². The first kappa shape index (κ1) is 20.6. The van der Waals surface area contributed by atoms with Gasteiger partial charge in [0.05, 0.1) is 34.7 Å². The van der Waals surface area contributed by atoms with Crippen LogP contribution in [0.1, 0.15) is 31.2 Å². The zero-order chi connectivity index (χ0) is 21.3. The molecule has 1 aliphatic rings. The highest BCUT2D eigenvalue weighted by Gasteiger charge is 2.30. The van der Waals surface area contributed by atoms with Gasteiger partial charge in [0.2, 0.25) is 0 Å². The number of carbonyl (C=O) groups excluding carboxylic acids is 3. The SMILES string of the molecule is COC(=O)N1CCc2c(sc(NC(=O)c3cc([N+](=O)[O-])ccc3Cl)c2C(N)=O)C1.